The van der Waals surface area contributed by atoms with Crippen LogP contribution in [0.5, 0.6) is 0 Å². The molecule has 0 aliphatic carbocycles. The fraction of sp³-hybridized carbons (Fsp3) is 0.118. The van der Waals surface area contributed by atoms with Gasteiger partial charge >= 0.3 is 0 Å². The summed E-state index contributed by atoms with van der Waals surface area (Å²) in [5, 5.41) is 13.7. The van der Waals surface area contributed by atoms with Crippen LogP contribution in [0.4, 0.5) is 14.6 Å². The molecule has 3 aromatic rings. The van der Waals surface area contributed by atoms with Crippen molar-refractivity contribution in [2.45, 2.75) is 0 Å². The highest BCUT2D eigenvalue weighted by Gasteiger charge is 2.11. The summed E-state index contributed by atoms with van der Waals surface area (Å²) in [4.78, 5) is 11.8. The Kier molecular flexibility index (Phi) is 4.98. The van der Waals surface area contributed by atoms with Crippen molar-refractivity contribution in [3.05, 3.63) is 72.1 Å². The van der Waals surface area contributed by atoms with E-state index in [1.54, 1.807) is 6.07 Å². The van der Waals surface area contributed by atoms with E-state index in [-0.39, 0.29) is 12.1 Å². The molecule has 0 bridgehead atoms. The van der Waals surface area contributed by atoms with Crippen LogP contribution in [0.3, 0.4) is 0 Å². The Hall–Kier alpha value is -3.29. The summed E-state index contributed by atoms with van der Waals surface area (Å²) < 4.78 is 28.1. The first-order chi connectivity index (χ1) is 12.1. The average Bonchev–Trinajstić information content (AvgIpc) is 3.13. The van der Waals surface area contributed by atoms with Gasteiger partial charge in [0.2, 0.25) is 0 Å². The van der Waals surface area contributed by atoms with Crippen molar-refractivity contribution in [3.8, 4) is 5.82 Å². The van der Waals surface area contributed by atoms with E-state index in [1.165, 1.54) is 0 Å². The molecule has 0 saturated heterocycles. The van der Waals surface area contributed by atoms with Crippen LogP contribution >= 0.6 is 0 Å². The van der Waals surface area contributed by atoms with E-state index in [2.05, 4.69) is 20.8 Å². The Bertz CT molecular complexity index is 850. The average molecular weight is 343 g/mol. The normalized spacial score (nSPS) is 10.5. The number of aromatic nitrogens is 3. The first-order valence-electron chi connectivity index (χ1n) is 7.58. The number of nitrogens with one attached hydrogen (secondary N) is 2. The van der Waals surface area contributed by atoms with Crippen molar-refractivity contribution in [1.29, 1.82) is 0 Å². The Morgan fingerprint density at radius 1 is 1.04 bits per heavy atom. The SMILES string of the molecule is O=C(NCCNc1ccc(-n2cccc2)nn1)c1ccc(F)cc1F. The minimum absolute atomic E-state index is 0.197. The molecule has 0 unspecified atom stereocenters. The number of benzene rings is 1. The molecule has 1 amide bonds. The molecule has 0 aliphatic rings. The molecule has 128 valence electrons. The van der Waals surface area contributed by atoms with Crippen LogP contribution in [0.2, 0.25) is 0 Å². The molecule has 2 aromatic heterocycles. The standard InChI is InChI=1S/C17H15F2N5O/c18-12-3-4-13(14(19)11-12)17(25)21-8-7-20-15-5-6-16(23-22-15)24-9-1-2-10-24/h1-6,9-11H,7-8H2,(H,20,22)(H,21,25). The molecule has 3 rings (SSSR count). The second-order valence-corrected chi connectivity index (χ2v) is 5.17. The first kappa shape index (κ1) is 16.6. The number of carbonyl (C=O) groups is 1. The number of nitrogens with zero attached hydrogens (tertiary/aromatic N) is 3. The lowest BCUT2D eigenvalue weighted by Gasteiger charge is -2.08. The number of anilines is 1. The lowest BCUT2D eigenvalue weighted by molar-refractivity contribution is 0.0951. The first-order valence-corrected chi connectivity index (χ1v) is 7.58. The van der Waals surface area contributed by atoms with E-state index in [1.807, 2.05) is 35.2 Å². The van der Waals surface area contributed by atoms with Crippen molar-refractivity contribution in [3.63, 3.8) is 0 Å². The number of hydrogen-bond acceptors (Lipinski definition) is 4. The Morgan fingerprint density at radius 3 is 2.52 bits per heavy atom. The maximum Gasteiger partial charge on any atom is 0.254 e. The number of halogens is 2. The van der Waals surface area contributed by atoms with Gasteiger partial charge in [-0.05, 0) is 36.4 Å². The minimum Gasteiger partial charge on any atom is -0.367 e. The van der Waals surface area contributed by atoms with Crippen molar-refractivity contribution in [2.24, 2.45) is 0 Å². The van der Waals surface area contributed by atoms with Crippen molar-refractivity contribution >= 4 is 11.7 Å². The summed E-state index contributed by atoms with van der Waals surface area (Å²) >= 11 is 0. The minimum atomic E-state index is -0.892. The van der Waals surface area contributed by atoms with Crippen LogP contribution in [0.25, 0.3) is 5.82 Å². The third-order valence-electron chi connectivity index (χ3n) is 3.41. The van der Waals surface area contributed by atoms with Crippen LogP contribution in [-0.4, -0.2) is 33.8 Å². The third-order valence-corrected chi connectivity index (χ3v) is 3.41. The predicted molar refractivity (Wildman–Crippen MR) is 88.5 cm³/mol. The largest absolute Gasteiger partial charge is 0.367 e. The molecule has 2 N–H and O–H groups in total. The van der Waals surface area contributed by atoms with E-state index >= 15 is 0 Å². The molecular formula is C17H15F2N5O. The molecule has 1 aromatic carbocycles. The molecule has 0 aliphatic heterocycles. The fourth-order valence-electron chi connectivity index (χ4n) is 2.18. The Morgan fingerprint density at radius 2 is 1.84 bits per heavy atom. The summed E-state index contributed by atoms with van der Waals surface area (Å²) in [7, 11) is 0. The van der Waals surface area contributed by atoms with Crippen LogP contribution in [0.1, 0.15) is 10.4 Å². The summed E-state index contributed by atoms with van der Waals surface area (Å²) in [5.74, 6) is -0.975. The van der Waals surface area contributed by atoms with Gasteiger partial charge in [-0.15, -0.1) is 10.2 Å². The molecule has 0 saturated carbocycles. The van der Waals surface area contributed by atoms with Gasteiger partial charge in [-0.3, -0.25) is 4.79 Å². The number of rotatable bonds is 6. The molecular weight excluding hydrogens is 328 g/mol. The van der Waals surface area contributed by atoms with Gasteiger partial charge in [-0.2, -0.15) is 0 Å². The zero-order valence-corrected chi connectivity index (χ0v) is 13.1. The third kappa shape index (κ3) is 4.17. The highest BCUT2D eigenvalue weighted by molar-refractivity contribution is 5.94. The van der Waals surface area contributed by atoms with Crippen LogP contribution in [0, 0.1) is 11.6 Å². The maximum absolute atomic E-state index is 13.5. The summed E-state index contributed by atoms with van der Waals surface area (Å²) in [5.41, 5.74) is -0.197. The van der Waals surface area contributed by atoms with Gasteiger partial charge in [0, 0.05) is 31.5 Å². The van der Waals surface area contributed by atoms with Gasteiger partial charge < -0.3 is 15.2 Å². The smallest absolute Gasteiger partial charge is 0.254 e. The molecule has 8 heteroatoms. The molecule has 0 spiro atoms. The molecule has 25 heavy (non-hydrogen) atoms. The lowest BCUT2D eigenvalue weighted by atomic mass is 10.2. The van der Waals surface area contributed by atoms with Gasteiger partial charge in [0.15, 0.2) is 5.82 Å². The van der Waals surface area contributed by atoms with Crippen LogP contribution in [0.15, 0.2) is 54.9 Å². The van der Waals surface area contributed by atoms with Gasteiger partial charge in [-0.25, -0.2) is 8.78 Å². The van der Waals surface area contributed by atoms with Gasteiger partial charge in [0.25, 0.3) is 5.91 Å². The maximum atomic E-state index is 13.5. The Labute approximate surface area is 142 Å². The predicted octanol–water partition coefficient (Wildman–Crippen LogP) is 2.39. The van der Waals surface area contributed by atoms with Crippen LogP contribution < -0.4 is 10.6 Å². The number of carbonyl (C=O) groups excluding carboxylic acids is 1. The molecule has 6 nitrogen and oxygen atoms in total. The van der Waals surface area contributed by atoms with Gasteiger partial charge in [-0.1, -0.05) is 0 Å². The summed E-state index contributed by atoms with van der Waals surface area (Å²) in [6.07, 6.45) is 3.72. The van der Waals surface area contributed by atoms with Crippen molar-refractivity contribution in [1.82, 2.24) is 20.1 Å². The van der Waals surface area contributed by atoms with Gasteiger partial charge in [0.05, 0.1) is 5.56 Å². The highest BCUT2D eigenvalue weighted by atomic mass is 19.1. The van der Waals surface area contributed by atoms with Crippen LogP contribution in [-0.2, 0) is 0 Å². The second kappa shape index (κ2) is 7.52. The van der Waals surface area contributed by atoms with Crippen molar-refractivity contribution < 1.29 is 13.6 Å². The number of hydrogen-bond donors (Lipinski definition) is 2. The Balaban J connectivity index is 1.47. The summed E-state index contributed by atoms with van der Waals surface area (Å²) in [6, 6.07) is 10.2. The topological polar surface area (TPSA) is 71.8 Å². The van der Waals surface area contributed by atoms with E-state index in [0.717, 1.165) is 12.1 Å². The summed E-state index contributed by atoms with van der Waals surface area (Å²) in [6.45, 7) is 0.628. The highest BCUT2D eigenvalue weighted by Crippen LogP contribution is 2.09. The zero-order valence-electron chi connectivity index (χ0n) is 13.1. The van der Waals surface area contributed by atoms with E-state index in [0.29, 0.717) is 24.2 Å². The molecule has 0 atom stereocenters. The lowest BCUT2D eigenvalue weighted by Crippen LogP contribution is -2.29. The number of amides is 1. The molecule has 2 heterocycles. The molecule has 0 radical (unpaired) electrons. The van der Waals surface area contributed by atoms with E-state index in [4.69, 9.17) is 0 Å². The fourth-order valence-corrected chi connectivity index (χ4v) is 2.18. The van der Waals surface area contributed by atoms with E-state index < -0.39 is 17.5 Å². The van der Waals surface area contributed by atoms with Crippen molar-refractivity contribution in [2.75, 3.05) is 18.4 Å². The molecule has 0 fully saturated rings. The monoisotopic (exact) mass is 343 g/mol. The quantitative estimate of drug-likeness (QED) is 0.674. The van der Waals surface area contributed by atoms with Gasteiger partial charge in [0.1, 0.15) is 17.5 Å². The zero-order chi connectivity index (χ0) is 17.6. The second-order valence-electron chi connectivity index (χ2n) is 5.17. The van der Waals surface area contributed by atoms with E-state index in [9.17, 15) is 13.6 Å².